The third-order valence-electron chi connectivity index (χ3n) is 1.32. The first kappa shape index (κ1) is 10.1. The molecule has 0 spiro atoms. The van der Waals surface area contributed by atoms with Crippen LogP contribution in [0.2, 0.25) is 0 Å². The van der Waals surface area contributed by atoms with Crippen LogP contribution in [0.5, 0.6) is 0 Å². The van der Waals surface area contributed by atoms with Gasteiger partial charge in [0.25, 0.3) is 0 Å². The quantitative estimate of drug-likeness (QED) is 0.622. The molecule has 0 saturated heterocycles. The highest BCUT2D eigenvalue weighted by atomic mass is 19.1. The van der Waals surface area contributed by atoms with Crippen molar-refractivity contribution < 1.29 is 9.50 Å². The zero-order chi connectivity index (χ0) is 8.85. The zero-order valence-corrected chi connectivity index (χ0v) is 6.89. The average Bonchev–Trinajstić information content (AvgIpc) is 1.99. The Kier molecular flexibility index (Phi) is 4.46. The summed E-state index contributed by atoms with van der Waals surface area (Å²) in [5.41, 5.74) is 1.51. The van der Waals surface area contributed by atoms with E-state index in [-0.39, 0.29) is 6.61 Å². The standard InChI is InChI=1S/C9H13FO/c1-4-9(10)5-8(6-11)7(2)3/h4-5,11H,1,6H2,2-3H3/b9-5+. The summed E-state index contributed by atoms with van der Waals surface area (Å²) in [6, 6.07) is 0. The van der Waals surface area contributed by atoms with Crippen LogP contribution in [-0.2, 0) is 0 Å². The van der Waals surface area contributed by atoms with E-state index in [1.807, 2.05) is 13.8 Å². The van der Waals surface area contributed by atoms with E-state index in [4.69, 9.17) is 5.11 Å². The highest BCUT2D eigenvalue weighted by Crippen LogP contribution is 2.08. The van der Waals surface area contributed by atoms with Crippen LogP contribution < -0.4 is 0 Å². The Balaban J connectivity index is 4.57. The van der Waals surface area contributed by atoms with Gasteiger partial charge in [-0.3, -0.25) is 0 Å². The van der Waals surface area contributed by atoms with Gasteiger partial charge in [0.05, 0.1) is 6.61 Å². The normalized spacial score (nSPS) is 11.1. The molecule has 0 aliphatic heterocycles. The Labute approximate surface area is 66.5 Å². The third-order valence-corrected chi connectivity index (χ3v) is 1.32. The van der Waals surface area contributed by atoms with Gasteiger partial charge in [0.1, 0.15) is 5.83 Å². The van der Waals surface area contributed by atoms with Gasteiger partial charge in [-0.1, -0.05) is 12.2 Å². The summed E-state index contributed by atoms with van der Waals surface area (Å²) in [7, 11) is 0. The van der Waals surface area contributed by atoms with E-state index in [0.717, 1.165) is 11.6 Å². The molecular weight excluding hydrogens is 143 g/mol. The summed E-state index contributed by atoms with van der Waals surface area (Å²) in [6.07, 6.45) is 2.39. The second-order valence-electron chi connectivity index (χ2n) is 2.42. The molecule has 0 radical (unpaired) electrons. The summed E-state index contributed by atoms with van der Waals surface area (Å²) < 4.78 is 12.5. The lowest BCUT2D eigenvalue weighted by Gasteiger charge is -1.98. The summed E-state index contributed by atoms with van der Waals surface area (Å²) in [6.45, 7) is 6.76. The maximum Gasteiger partial charge on any atom is 0.122 e. The fourth-order valence-electron chi connectivity index (χ4n) is 0.573. The number of rotatable bonds is 3. The predicted octanol–water partition coefficient (Wildman–Crippen LogP) is 2.35. The van der Waals surface area contributed by atoms with Gasteiger partial charge in [-0.2, -0.15) is 0 Å². The van der Waals surface area contributed by atoms with Crippen molar-refractivity contribution in [1.29, 1.82) is 0 Å². The van der Waals surface area contributed by atoms with Crippen molar-refractivity contribution in [1.82, 2.24) is 0 Å². The topological polar surface area (TPSA) is 20.2 Å². The second kappa shape index (κ2) is 4.85. The van der Waals surface area contributed by atoms with E-state index in [1.54, 1.807) is 0 Å². The molecule has 0 unspecified atom stereocenters. The van der Waals surface area contributed by atoms with E-state index in [2.05, 4.69) is 6.58 Å². The highest BCUT2D eigenvalue weighted by Gasteiger charge is 1.94. The lowest BCUT2D eigenvalue weighted by atomic mass is 10.1. The molecule has 1 nitrogen and oxygen atoms in total. The van der Waals surface area contributed by atoms with Crippen molar-refractivity contribution in [3.63, 3.8) is 0 Å². The molecule has 0 aliphatic carbocycles. The average molecular weight is 156 g/mol. The van der Waals surface area contributed by atoms with E-state index in [9.17, 15) is 4.39 Å². The molecule has 0 aromatic rings. The van der Waals surface area contributed by atoms with Crippen molar-refractivity contribution in [3.05, 3.63) is 35.7 Å². The molecular formula is C9H13FO. The number of aliphatic hydroxyl groups excluding tert-OH is 1. The first-order chi connectivity index (χ1) is 5.11. The van der Waals surface area contributed by atoms with E-state index in [0.29, 0.717) is 5.57 Å². The molecule has 62 valence electrons. The largest absolute Gasteiger partial charge is 0.392 e. The van der Waals surface area contributed by atoms with E-state index < -0.39 is 5.83 Å². The maximum atomic E-state index is 12.5. The molecule has 0 bridgehead atoms. The summed E-state index contributed by atoms with van der Waals surface area (Å²) in [4.78, 5) is 0. The minimum Gasteiger partial charge on any atom is -0.392 e. The Hall–Kier alpha value is -0.890. The van der Waals surface area contributed by atoms with Crippen molar-refractivity contribution in [2.75, 3.05) is 6.61 Å². The van der Waals surface area contributed by atoms with Gasteiger partial charge in [-0.25, -0.2) is 4.39 Å². The molecule has 0 fully saturated rings. The first-order valence-corrected chi connectivity index (χ1v) is 3.38. The fourth-order valence-corrected chi connectivity index (χ4v) is 0.573. The molecule has 1 N–H and O–H groups in total. The molecule has 0 heterocycles. The lowest BCUT2D eigenvalue weighted by Crippen LogP contribution is -1.89. The third kappa shape index (κ3) is 3.73. The molecule has 0 rings (SSSR count). The van der Waals surface area contributed by atoms with Crippen LogP contribution in [0.15, 0.2) is 35.7 Å². The van der Waals surface area contributed by atoms with Gasteiger partial charge in [-0.15, -0.1) is 0 Å². The van der Waals surface area contributed by atoms with Crippen LogP contribution in [0.25, 0.3) is 0 Å². The smallest absolute Gasteiger partial charge is 0.122 e. The van der Waals surface area contributed by atoms with Crippen molar-refractivity contribution in [2.45, 2.75) is 13.8 Å². The Morgan fingerprint density at radius 3 is 2.36 bits per heavy atom. The van der Waals surface area contributed by atoms with Crippen LogP contribution in [0.3, 0.4) is 0 Å². The molecule has 0 saturated carbocycles. The van der Waals surface area contributed by atoms with Crippen molar-refractivity contribution in [3.8, 4) is 0 Å². The molecule has 0 aliphatic rings. The SMILES string of the molecule is C=C/C(F)=C\C(CO)=C(C)C. The molecule has 0 amide bonds. The number of halogens is 1. The van der Waals surface area contributed by atoms with Gasteiger partial charge in [-0.05, 0) is 31.6 Å². The van der Waals surface area contributed by atoms with Crippen LogP contribution in [-0.4, -0.2) is 11.7 Å². The molecule has 0 aromatic carbocycles. The number of allylic oxidation sites excluding steroid dienone is 3. The van der Waals surface area contributed by atoms with Crippen LogP contribution in [0.4, 0.5) is 4.39 Å². The highest BCUT2D eigenvalue weighted by molar-refractivity contribution is 5.28. The van der Waals surface area contributed by atoms with Gasteiger partial charge in [0.15, 0.2) is 0 Å². The van der Waals surface area contributed by atoms with Gasteiger partial charge < -0.3 is 5.11 Å². The van der Waals surface area contributed by atoms with Crippen molar-refractivity contribution >= 4 is 0 Å². The van der Waals surface area contributed by atoms with Crippen molar-refractivity contribution in [2.24, 2.45) is 0 Å². The molecule has 11 heavy (non-hydrogen) atoms. The Bertz CT molecular complexity index is 198. The molecule has 0 atom stereocenters. The summed E-state index contributed by atoms with van der Waals surface area (Å²) in [5, 5.41) is 8.74. The van der Waals surface area contributed by atoms with Crippen LogP contribution in [0.1, 0.15) is 13.8 Å². The lowest BCUT2D eigenvalue weighted by molar-refractivity contribution is 0.333. The number of hydrogen-bond acceptors (Lipinski definition) is 1. The fraction of sp³-hybridized carbons (Fsp3) is 0.333. The molecule has 2 heteroatoms. The first-order valence-electron chi connectivity index (χ1n) is 3.38. The minimum atomic E-state index is -0.421. The molecule has 0 aromatic heterocycles. The van der Waals surface area contributed by atoms with Gasteiger partial charge in [0.2, 0.25) is 0 Å². The van der Waals surface area contributed by atoms with Gasteiger partial charge in [0, 0.05) is 0 Å². The second-order valence-corrected chi connectivity index (χ2v) is 2.42. The zero-order valence-electron chi connectivity index (χ0n) is 6.89. The monoisotopic (exact) mass is 156 g/mol. The van der Waals surface area contributed by atoms with E-state index in [1.165, 1.54) is 6.08 Å². The predicted molar refractivity (Wildman–Crippen MR) is 44.8 cm³/mol. The Morgan fingerprint density at radius 1 is 1.55 bits per heavy atom. The van der Waals surface area contributed by atoms with Crippen LogP contribution >= 0.6 is 0 Å². The minimum absolute atomic E-state index is 0.135. The summed E-state index contributed by atoms with van der Waals surface area (Å²) in [5.74, 6) is -0.421. The van der Waals surface area contributed by atoms with Crippen LogP contribution in [0, 0.1) is 0 Å². The number of aliphatic hydroxyl groups is 1. The summed E-state index contributed by atoms with van der Waals surface area (Å²) >= 11 is 0. The van der Waals surface area contributed by atoms with Gasteiger partial charge >= 0.3 is 0 Å². The Morgan fingerprint density at radius 2 is 2.09 bits per heavy atom. The maximum absolute atomic E-state index is 12.5. The number of hydrogen-bond donors (Lipinski definition) is 1. The van der Waals surface area contributed by atoms with E-state index >= 15 is 0 Å².